The van der Waals surface area contributed by atoms with Crippen LogP contribution in [0.1, 0.15) is 27.2 Å². The Balaban J connectivity index is 3.76. The topological polar surface area (TPSA) is 29.1 Å². The van der Waals surface area contributed by atoms with E-state index < -0.39 is 0 Å². The summed E-state index contributed by atoms with van der Waals surface area (Å²) in [4.78, 5) is 10.9. The fraction of sp³-hybridized carbons (Fsp3) is 0.833. The second-order valence-electron chi connectivity index (χ2n) is 3.37. The summed E-state index contributed by atoms with van der Waals surface area (Å²) < 4.78 is 0. The van der Waals surface area contributed by atoms with E-state index in [4.69, 9.17) is 0 Å². The molecule has 0 radical (unpaired) electrons. The Morgan fingerprint density at radius 2 is 2.20 bits per heavy atom. The van der Waals surface area contributed by atoms with E-state index in [9.17, 15) is 4.79 Å². The predicted molar refractivity (Wildman–Crippen MR) is 48.6 cm³/mol. The van der Waals surface area contributed by atoms with E-state index in [0.717, 1.165) is 6.42 Å². The predicted octanol–water partition coefficient (Wildman–Crippen LogP) is 0.289. The Labute approximate surface area is 64.4 Å². The van der Waals surface area contributed by atoms with Crippen molar-refractivity contribution in [3.05, 3.63) is 0 Å². The highest BCUT2D eigenvalue weighted by Gasteiger charge is 2.20. The van der Waals surface area contributed by atoms with Gasteiger partial charge in [-0.25, -0.2) is 0 Å². The smallest absolute Gasteiger partial charge is 0.237 e. The number of carbonyl (C=O) groups is 1. The van der Waals surface area contributed by atoms with Crippen LogP contribution in [0.5, 0.6) is 0 Å². The lowest BCUT2D eigenvalue weighted by molar-refractivity contribution is 0.262. The van der Waals surface area contributed by atoms with Crippen LogP contribution >= 0.6 is 0 Å². The Morgan fingerprint density at radius 1 is 1.70 bits per heavy atom. The van der Waals surface area contributed by atoms with Gasteiger partial charge in [0.25, 0.3) is 0 Å². The second-order valence-corrected chi connectivity index (χ2v) is 3.37. The Morgan fingerprint density at radius 3 is 2.50 bits per heavy atom. The Hall–Kier alpha value is -0.400. The summed E-state index contributed by atoms with van der Waals surface area (Å²) in [5.41, 5.74) is 0. The fourth-order valence-electron chi connectivity index (χ4n) is 0.648. The quantitative estimate of drug-likeness (QED) is 0.559. The van der Waals surface area contributed by atoms with E-state index in [1.54, 1.807) is 7.98 Å². The average molecular weight is 139 g/mol. The van der Waals surface area contributed by atoms with Gasteiger partial charge in [-0.05, 0) is 5.31 Å². The number of amides is 1. The molecular formula is C6H15B2NO. The lowest BCUT2D eigenvalue weighted by Crippen LogP contribution is -2.30. The molecule has 0 aliphatic heterocycles. The number of carbonyl (C=O) groups excluding carboxylic acids is 1. The third-order valence-corrected chi connectivity index (χ3v) is 1.88. The molecule has 0 saturated heterocycles. The maximum absolute atomic E-state index is 10.9. The molecule has 0 spiro atoms. The zero-order valence-electron chi connectivity index (χ0n) is 7.32. The number of rotatable bonds is 3. The summed E-state index contributed by atoms with van der Waals surface area (Å²) >= 11 is 0. The molecule has 0 aromatic rings. The molecule has 0 unspecified atom stereocenters. The van der Waals surface area contributed by atoms with Gasteiger partial charge in [-0.1, -0.05) is 27.2 Å². The molecule has 0 heterocycles. The Bertz CT molecular complexity index is 125. The first kappa shape index (κ1) is 9.60. The molecule has 0 aliphatic rings. The molecule has 0 aliphatic carbocycles. The number of hydrogen-bond acceptors (Lipinski definition) is 1. The van der Waals surface area contributed by atoms with Crippen molar-refractivity contribution in [1.29, 1.82) is 0 Å². The second kappa shape index (κ2) is 3.69. The van der Waals surface area contributed by atoms with Gasteiger partial charge in [-0.3, -0.25) is 4.79 Å². The summed E-state index contributed by atoms with van der Waals surface area (Å²) in [6.07, 6.45) is 1.04. The molecule has 0 aromatic carbocycles. The van der Waals surface area contributed by atoms with E-state index in [1.165, 1.54) is 0 Å². The summed E-state index contributed by atoms with van der Waals surface area (Å²) in [6.45, 7) is 6.30. The van der Waals surface area contributed by atoms with Crippen LogP contribution in [0, 0.1) is 0 Å². The summed E-state index contributed by atoms with van der Waals surface area (Å²) in [7, 11) is 2.30. The van der Waals surface area contributed by atoms with Crippen molar-refractivity contribution in [2.75, 3.05) is 0 Å². The van der Waals surface area contributed by atoms with Crippen molar-refractivity contribution in [3.8, 4) is 0 Å². The lowest BCUT2D eigenvalue weighted by Gasteiger charge is -2.19. The van der Waals surface area contributed by atoms with E-state index in [-0.39, 0.29) is 11.1 Å². The summed E-state index contributed by atoms with van der Waals surface area (Å²) in [5, 5.41) is 2.77. The minimum Gasteiger partial charge on any atom is -0.415 e. The van der Waals surface area contributed by atoms with Crippen LogP contribution in [0.3, 0.4) is 0 Å². The number of nitrogens with one attached hydrogen (secondary N) is 1. The van der Waals surface area contributed by atoms with Gasteiger partial charge in [-0.2, -0.15) is 0 Å². The van der Waals surface area contributed by atoms with Gasteiger partial charge >= 0.3 is 0 Å². The van der Waals surface area contributed by atoms with Gasteiger partial charge in [0, 0.05) is 0 Å². The largest absolute Gasteiger partial charge is 0.415 e. The van der Waals surface area contributed by atoms with Gasteiger partial charge in [0.05, 0.1) is 0 Å². The highest BCUT2D eigenvalue weighted by Crippen LogP contribution is 2.26. The van der Waals surface area contributed by atoms with Gasteiger partial charge in [0.1, 0.15) is 0 Å². The molecule has 10 heavy (non-hydrogen) atoms. The van der Waals surface area contributed by atoms with Gasteiger partial charge in [0.2, 0.25) is 15.3 Å². The van der Waals surface area contributed by atoms with Crippen LogP contribution in [0.25, 0.3) is 0 Å². The molecular weight excluding hydrogens is 124 g/mol. The maximum atomic E-state index is 10.9. The molecule has 0 fully saturated rings. The molecule has 0 rings (SSSR count). The first-order valence-corrected chi connectivity index (χ1v) is 3.72. The van der Waals surface area contributed by atoms with E-state index >= 15 is 0 Å². The average Bonchev–Trinajstić information content (AvgIpc) is 1.87. The normalized spacial score (nSPS) is 10.7. The Kier molecular flexibility index (Phi) is 3.54. The molecule has 0 saturated carbocycles. The first-order chi connectivity index (χ1) is 4.52. The van der Waals surface area contributed by atoms with Gasteiger partial charge in [0.15, 0.2) is 5.81 Å². The molecule has 0 aromatic heterocycles. The standard InChI is InChI=1S/C6H15B2NO/c1-4-6(2,3)8-5(10)9-7/h8H,4,7H2,1-3H3,(H,9,10). The first-order valence-electron chi connectivity index (χ1n) is 3.72. The highest BCUT2D eigenvalue weighted by molar-refractivity contribution is 6.77. The van der Waals surface area contributed by atoms with Crippen molar-refractivity contribution in [2.24, 2.45) is 0 Å². The van der Waals surface area contributed by atoms with Crippen LogP contribution in [-0.2, 0) is 0 Å². The van der Waals surface area contributed by atoms with Crippen LogP contribution in [0.4, 0.5) is 4.79 Å². The summed E-state index contributed by atoms with van der Waals surface area (Å²) in [6, 6.07) is 0. The van der Waals surface area contributed by atoms with E-state index in [0.29, 0.717) is 7.28 Å². The van der Waals surface area contributed by atoms with Crippen molar-refractivity contribution in [2.45, 2.75) is 32.5 Å². The van der Waals surface area contributed by atoms with E-state index in [1.807, 2.05) is 0 Å². The maximum Gasteiger partial charge on any atom is 0.237 e. The molecule has 2 nitrogen and oxygen atoms in total. The van der Waals surface area contributed by atoms with Gasteiger partial charge in [-0.15, -0.1) is 0 Å². The SMILES string of the molecule is BNC(=O)BC(C)(C)CC. The van der Waals surface area contributed by atoms with Crippen molar-refractivity contribution in [1.82, 2.24) is 5.23 Å². The minimum absolute atomic E-state index is 0.131. The van der Waals surface area contributed by atoms with E-state index in [2.05, 4.69) is 26.0 Å². The molecule has 1 N–H and O–H groups in total. The molecule has 4 heteroatoms. The fourth-order valence-corrected chi connectivity index (χ4v) is 0.648. The van der Waals surface area contributed by atoms with Gasteiger partial charge < -0.3 is 5.23 Å². The minimum atomic E-state index is 0.131. The molecule has 0 bridgehead atoms. The van der Waals surface area contributed by atoms with Crippen molar-refractivity contribution < 1.29 is 4.79 Å². The monoisotopic (exact) mass is 139 g/mol. The molecule has 56 valence electrons. The third-order valence-electron chi connectivity index (χ3n) is 1.88. The lowest BCUT2D eigenvalue weighted by atomic mass is 9.52. The zero-order valence-corrected chi connectivity index (χ0v) is 7.32. The van der Waals surface area contributed by atoms with Crippen molar-refractivity contribution >= 4 is 21.1 Å². The van der Waals surface area contributed by atoms with Crippen LogP contribution in [0.15, 0.2) is 0 Å². The van der Waals surface area contributed by atoms with Crippen LogP contribution in [-0.4, -0.2) is 21.1 Å². The van der Waals surface area contributed by atoms with Crippen LogP contribution < -0.4 is 5.23 Å². The highest BCUT2D eigenvalue weighted by atomic mass is 16.1. The third kappa shape index (κ3) is 3.59. The van der Waals surface area contributed by atoms with Crippen LogP contribution in [0.2, 0.25) is 5.31 Å². The zero-order chi connectivity index (χ0) is 8.20. The van der Waals surface area contributed by atoms with Crippen molar-refractivity contribution in [3.63, 3.8) is 0 Å². The summed E-state index contributed by atoms with van der Waals surface area (Å²) in [5.74, 6) is 0.131. The molecule has 0 atom stereocenters. The number of hydrogen-bond donors (Lipinski definition) is 1. The molecule has 1 amide bonds.